The average molecular weight is 310 g/mol. The average Bonchev–Trinajstić information content (AvgIpc) is 2.68. The lowest BCUT2D eigenvalue weighted by Crippen LogP contribution is -2.14. The summed E-state index contributed by atoms with van der Waals surface area (Å²) in [6.45, 7) is 5.21. The van der Waals surface area contributed by atoms with Crippen molar-refractivity contribution in [1.82, 2.24) is 15.1 Å². The van der Waals surface area contributed by atoms with Gasteiger partial charge in [-0.05, 0) is 19.9 Å². The Morgan fingerprint density at radius 2 is 2.05 bits per heavy atom. The van der Waals surface area contributed by atoms with Gasteiger partial charge in [0.05, 0.1) is 12.8 Å². The zero-order chi connectivity index (χ0) is 15.6. The number of ether oxygens (including phenoxy) is 1. The summed E-state index contributed by atoms with van der Waals surface area (Å²) < 4.78 is 6.96. The van der Waals surface area contributed by atoms with Crippen LogP contribution in [0.15, 0.2) is 12.1 Å². The normalized spacial score (nSPS) is 10.9. The van der Waals surface area contributed by atoms with Gasteiger partial charge in [0.1, 0.15) is 0 Å². The summed E-state index contributed by atoms with van der Waals surface area (Å²) in [5, 5.41) is 18.3. The molecule has 0 bridgehead atoms. The molecule has 0 radical (unpaired) electrons. The quantitative estimate of drug-likeness (QED) is 0.891. The van der Waals surface area contributed by atoms with Crippen molar-refractivity contribution in [2.45, 2.75) is 26.9 Å². The summed E-state index contributed by atoms with van der Waals surface area (Å²) in [5.41, 5.74) is 4.02. The zero-order valence-corrected chi connectivity index (χ0v) is 13.5. The number of aromatic nitrogens is 2. The maximum Gasteiger partial charge on any atom is 0.162 e. The number of hydrogen-bond acceptors (Lipinski definition) is 4. The van der Waals surface area contributed by atoms with Gasteiger partial charge in [-0.1, -0.05) is 11.6 Å². The number of methoxy groups -OCH3 is 1. The largest absolute Gasteiger partial charge is 0.504 e. The smallest absolute Gasteiger partial charge is 0.162 e. The van der Waals surface area contributed by atoms with Crippen LogP contribution in [0.5, 0.6) is 11.5 Å². The Labute approximate surface area is 129 Å². The van der Waals surface area contributed by atoms with E-state index in [-0.39, 0.29) is 5.75 Å². The fourth-order valence-corrected chi connectivity index (χ4v) is 2.54. The van der Waals surface area contributed by atoms with Crippen LogP contribution in [-0.4, -0.2) is 22.0 Å². The number of nitrogens with one attached hydrogen (secondary N) is 1. The van der Waals surface area contributed by atoms with Crippen LogP contribution in [0.1, 0.15) is 22.5 Å². The highest BCUT2D eigenvalue weighted by Crippen LogP contribution is 2.33. The molecule has 0 atom stereocenters. The molecule has 0 aliphatic heterocycles. The van der Waals surface area contributed by atoms with E-state index in [0.717, 1.165) is 11.4 Å². The molecule has 0 spiro atoms. The minimum atomic E-state index is 0.119. The molecule has 6 heteroatoms. The molecule has 0 aliphatic rings. The first-order chi connectivity index (χ1) is 9.93. The predicted molar refractivity (Wildman–Crippen MR) is 82.9 cm³/mol. The second kappa shape index (κ2) is 6.37. The maximum absolute atomic E-state index is 10.1. The van der Waals surface area contributed by atoms with Crippen molar-refractivity contribution in [3.8, 4) is 11.5 Å². The van der Waals surface area contributed by atoms with Crippen LogP contribution in [0.4, 0.5) is 0 Å². The lowest BCUT2D eigenvalue weighted by molar-refractivity contribution is 0.369. The third-order valence-corrected chi connectivity index (χ3v) is 3.83. The van der Waals surface area contributed by atoms with Crippen molar-refractivity contribution in [2.24, 2.45) is 7.05 Å². The van der Waals surface area contributed by atoms with Crippen molar-refractivity contribution in [3.05, 3.63) is 39.7 Å². The highest BCUT2D eigenvalue weighted by Gasteiger charge is 2.12. The summed E-state index contributed by atoms with van der Waals surface area (Å²) in [4.78, 5) is 0. The second-order valence-electron chi connectivity index (χ2n) is 4.99. The molecule has 2 N–H and O–H groups in total. The number of rotatable bonds is 5. The van der Waals surface area contributed by atoms with Crippen LogP contribution in [0.2, 0.25) is 5.02 Å². The summed E-state index contributed by atoms with van der Waals surface area (Å²) in [7, 11) is 3.43. The summed E-state index contributed by atoms with van der Waals surface area (Å²) in [6.07, 6.45) is 0. The summed E-state index contributed by atoms with van der Waals surface area (Å²) in [6, 6.07) is 3.32. The van der Waals surface area contributed by atoms with E-state index in [1.807, 2.05) is 25.6 Å². The van der Waals surface area contributed by atoms with Gasteiger partial charge in [-0.3, -0.25) is 4.68 Å². The molecule has 0 saturated heterocycles. The minimum Gasteiger partial charge on any atom is -0.504 e. The fourth-order valence-electron chi connectivity index (χ4n) is 2.31. The van der Waals surface area contributed by atoms with Crippen molar-refractivity contribution < 1.29 is 9.84 Å². The van der Waals surface area contributed by atoms with Gasteiger partial charge in [0.2, 0.25) is 0 Å². The fraction of sp³-hybridized carbons (Fsp3) is 0.400. The van der Waals surface area contributed by atoms with Gasteiger partial charge in [0, 0.05) is 48.0 Å². The number of nitrogens with zero attached hydrogens (tertiary/aromatic N) is 2. The van der Waals surface area contributed by atoms with Crippen molar-refractivity contribution in [2.75, 3.05) is 7.11 Å². The Hall–Kier alpha value is -1.72. The standard InChI is InChI=1S/C15H20ClN3O2/c1-9-13(10(2)19(3)18-9)8-17-7-11-5-12(16)6-14(21-4)15(11)20/h5-6,17,20H,7-8H2,1-4H3. The number of hydrogen-bond donors (Lipinski definition) is 2. The lowest BCUT2D eigenvalue weighted by Gasteiger charge is -2.11. The van der Waals surface area contributed by atoms with Crippen LogP contribution in [0.3, 0.4) is 0 Å². The van der Waals surface area contributed by atoms with Crippen LogP contribution in [-0.2, 0) is 20.1 Å². The summed E-state index contributed by atoms with van der Waals surface area (Å²) in [5.74, 6) is 0.502. The predicted octanol–water partition coefficient (Wildman–Crippen LogP) is 2.69. The maximum atomic E-state index is 10.1. The number of aryl methyl sites for hydroxylation is 2. The highest BCUT2D eigenvalue weighted by atomic mass is 35.5. The number of benzene rings is 1. The van der Waals surface area contributed by atoms with Crippen LogP contribution >= 0.6 is 11.6 Å². The Kier molecular flexibility index (Phi) is 4.75. The molecule has 0 saturated carbocycles. The SMILES string of the molecule is COc1cc(Cl)cc(CNCc2c(C)nn(C)c2C)c1O. The van der Waals surface area contributed by atoms with E-state index < -0.39 is 0 Å². The molecule has 5 nitrogen and oxygen atoms in total. The monoisotopic (exact) mass is 309 g/mol. The summed E-state index contributed by atoms with van der Waals surface area (Å²) >= 11 is 6.02. The molecule has 21 heavy (non-hydrogen) atoms. The van der Waals surface area contributed by atoms with Crippen molar-refractivity contribution >= 4 is 11.6 Å². The van der Waals surface area contributed by atoms with Crippen LogP contribution in [0, 0.1) is 13.8 Å². The van der Waals surface area contributed by atoms with Gasteiger partial charge in [0.25, 0.3) is 0 Å². The first-order valence-electron chi connectivity index (χ1n) is 6.69. The zero-order valence-electron chi connectivity index (χ0n) is 12.7. The van der Waals surface area contributed by atoms with Gasteiger partial charge in [-0.2, -0.15) is 5.10 Å². The van der Waals surface area contributed by atoms with Crippen molar-refractivity contribution in [1.29, 1.82) is 0 Å². The number of phenolic OH excluding ortho intramolecular Hbond substituents is 1. The Bertz CT molecular complexity index is 653. The topological polar surface area (TPSA) is 59.3 Å². The molecule has 2 rings (SSSR count). The highest BCUT2D eigenvalue weighted by molar-refractivity contribution is 6.30. The molecule has 0 fully saturated rings. The molecule has 0 aliphatic carbocycles. The number of aromatic hydroxyl groups is 1. The van der Waals surface area contributed by atoms with E-state index in [9.17, 15) is 5.11 Å². The van der Waals surface area contributed by atoms with E-state index in [1.165, 1.54) is 12.7 Å². The van der Waals surface area contributed by atoms with E-state index in [1.54, 1.807) is 12.1 Å². The van der Waals surface area contributed by atoms with Crippen molar-refractivity contribution in [3.63, 3.8) is 0 Å². The first kappa shape index (κ1) is 15.7. The molecule has 1 aromatic carbocycles. The van der Waals surface area contributed by atoms with Gasteiger partial charge in [-0.15, -0.1) is 0 Å². The Balaban J connectivity index is 2.09. The Morgan fingerprint density at radius 3 is 2.62 bits per heavy atom. The lowest BCUT2D eigenvalue weighted by atomic mass is 10.1. The first-order valence-corrected chi connectivity index (χ1v) is 7.07. The van der Waals surface area contributed by atoms with Gasteiger partial charge in [-0.25, -0.2) is 0 Å². The van der Waals surface area contributed by atoms with Crippen LogP contribution < -0.4 is 10.1 Å². The number of halogens is 1. The van der Waals surface area contributed by atoms with Gasteiger partial charge >= 0.3 is 0 Å². The molecular formula is C15H20ClN3O2. The molecule has 114 valence electrons. The second-order valence-corrected chi connectivity index (χ2v) is 5.43. The minimum absolute atomic E-state index is 0.119. The molecule has 0 amide bonds. The molecule has 0 unspecified atom stereocenters. The molecule has 2 aromatic rings. The Morgan fingerprint density at radius 1 is 1.33 bits per heavy atom. The van der Waals surface area contributed by atoms with E-state index in [4.69, 9.17) is 16.3 Å². The third kappa shape index (κ3) is 3.31. The third-order valence-electron chi connectivity index (χ3n) is 3.61. The van der Waals surface area contributed by atoms with Crippen LogP contribution in [0.25, 0.3) is 0 Å². The van der Waals surface area contributed by atoms with Gasteiger partial charge < -0.3 is 15.2 Å². The molecule has 1 heterocycles. The van der Waals surface area contributed by atoms with E-state index in [0.29, 0.717) is 29.4 Å². The number of phenols is 1. The van der Waals surface area contributed by atoms with Gasteiger partial charge in [0.15, 0.2) is 11.5 Å². The molecular weight excluding hydrogens is 290 g/mol. The van der Waals surface area contributed by atoms with E-state index >= 15 is 0 Å². The van der Waals surface area contributed by atoms with E-state index in [2.05, 4.69) is 10.4 Å². The molecule has 1 aromatic heterocycles.